The Morgan fingerprint density at radius 2 is 1.70 bits per heavy atom. The van der Waals surface area contributed by atoms with Crippen LogP contribution >= 0.6 is 0 Å². The lowest BCUT2D eigenvalue weighted by molar-refractivity contribution is 0.258. The molecule has 6 rings (SSSR count). The number of urea groups is 1. The van der Waals surface area contributed by atoms with Crippen molar-refractivity contribution in [2.24, 2.45) is 5.73 Å². The van der Waals surface area contributed by atoms with E-state index in [9.17, 15) is 4.79 Å². The van der Waals surface area contributed by atoms with Gasteiger partial charge in [-0.05, 0) is 66.6 Å². The van der Waals surface area contributed by atoms with Crippen LogP contribution in [0.25, 0.3) is 11.7 Å². The third kappa shape index (κ3) is 7.30. The van der Waals surface area contributed by atoms with Crippen molar-refractivity contribution in [2.75, 3.05) is 12.4 Å². The Labute approximate surface area is 264 Å². The van der Waals surface area contributed by atoms with Gasteiger partial charge in [-0.25, -0.2) is 9.78 Å². The van der Waals surface area contributed by atoms with E-state index in [2.05, 4.69) is 15.4 Å². The van der Waals surface area contributed by atoms with Crippen LogP contribution in [0.15, 0.2) is 106 Å². The summed E-state index contributed by atoms with van der Waals surface area (Å²) >= 11 is 0. The summed E-state index contributed by atoms with van der Waals surface area (Å²) in [5.41, 5.74) is 8.15. The van der Waals surface area contributed by atoms with Crippen molar-refractivity contribution in [2.45, 2.75) is 26.7 Å². The molecule has 0 saturated carbocycles. The summed E-state index contributed by atoms with van der Waals surface area (Å²) in [5, 5.41) is 7.11. The topological polar surface area (TPSA) is 149 Å². The molecular weight excluding hydrogens is 590 g/mol. The van der Waals surface area contributed by atoms with Gasteiger partial charge in [0.1, 0.15) is 41.9 Å². The zero-order valence-electron chi connectivity index (χ0n) is 25.1. The second-order valence-electron chi connectivity index (χ2n) is 10.2. The smallest absolute Gasteiger partial charge is 0.316 e. The molecule has 2 amide bonds. The summed E-state index contributed by atoms with van der Waals surface area (Å²) in [5.74, 6) is 4.28. The summed E-state index contributed by atoms with van der Waals surface area (Å²) in [6, 6.07) is 25.5. The molecule has 0 aliphatic carbocycles. The summed E-state index contributed by atoms with van der Waals surface area (Å²) in [6.07, 6.45) is 3.22. The van der Waals surface area contributed by atoms with Crippen LogP contribution in [-0.4, -0.2) is 27.9 Å². The molecule has 12 heteroatoms. The number of benzene rings is 3. The highest BCUT2D eigenvalue weighted by molar-refractivity contribution is 5.89. The number of nitrogens with one attached hydrogen (secondary N) is 1. The molecule has 0 saturated heterocycles. The van der Waals surface area contributed by atoms with Gasteiger partial charge in [0.15, 0.2) is 17.3 Å². The number of primary amides is 1. The zero-order chi connectivity index (χ0) is 31.9. The summed E-state index contributed by atoms with van der Waals surface area (Å²) in [6.45, 7) is 2.55. The van der Waals surface area contributed by atoms with E-state index in [4.69, 9.17) is 33.5 Å². The maximum Gasteiger partial charge on any atom is 0.316 e. The first-order chi connectivity index (χ1) is 22.4. The Morgan fingerprint density at radius 3 is 2.43 bits per heavy atom. The quantitative estimate of drug-likeness (QED) is 0.140. The third-order valence-corrected chi connectivity index (χ3v) is 6.83. The largest absolute Gasteiger partial charge is 0.493 e. The molecule has 3 heterocycles. The molecule has 3 aromatic carbocycles. The number of carbonyl (C=O) groups is 1. The maximum absolute atomic E-state index is 11.7. The number of rotatable bonds is 13. The summed E-state index contributed by atoms with van der Waals surface area (Å²) in [7, 11) is 1.56. The number of furan rings is 1. The van der Waals surface area contributed by atoms with Crippen molar-refractivity contribution in [3.63, 3.8) is 0 Å². The van der Waals surface area contributed by atoms with E-state index in [-0.39, 0.29) is 19.1 Å². The minimum Gasteiger partial charge on any atom is -0.493 e. The molecule has 46 heavy (non-hydrogen) atoms. The number of hydrogen-bond donors (Lipinski definition) is 2. The number of nitrogens with two attached hydrogens (primary N) is 1. The van der Waals surface area contributed by atoms with Gasteiger partial charge in [-0.2, -0.15) is 0 Å². The number of methoxy groups -OCH3 is 1. The predicted octanol–water partition coefficient (Wildman–Crippen LogP) is 6.94. The van der Waals surface area contributed by atoms with E-state index < -0.39 is 6.03 Å². The highest BCUT2D eigenvalue weighted by Gasteiger charge is 2.17. The number of ether oxygens (including phenoxy) is 4. The minimum atomic E-state index is -0.728. The number of para-hydroxylation sites is 1. The lowest BCUT2D eigenvalue weighted by atomic mass is 10.2. The lowest BCUT2D eigenvalue weighted by Crippen LogP contribution is -2.19. The molecule has 6 aromatic rings. The molecule has 3 aromatic heterocycles. The number of aromatic nitrogens is 3. The van der Waals surface area contributed by atoms with Crippen LogP contribution in [0.4, 0.5) is 10.5 Å². The van der Waals surface area contributed by atoms with E-state index in [1.807, 2.05) is 67.6 Å². The number of nitrogens with zero attached hydrogens (tertiary/aromatic N) is 3. The first-order valence-electron chi connectivity index (χ1n) is 14.3. The molecule has 0 aliphatic rings. The van der Waals surface area contributed by atoms with Gasteiger partial charge in [-0.15, -0.1) is 5.10 Å². The average molecular weight is 622 g/mol. The molecule has 0 bridgehead atoms. The SMILES string of the molecule is COc1cc(COc2nn(Cc3ccc(Oc4ccccc4)cc3)cc2NC(N)=O)ccc1OCc1nc(-c2ccco2)oc1C. The molecule has 234 valence electrons. The minimum absolute atomic E-state index is 0.140. The molecule has 3 N–H and O–H groups in total. The fourth-order valence-electron chi connectivity index (χ4n) is 4.57. The lowest BCUT2D eigenvalue weighted by Gasteiger charge is -2.12. The Balaban J connectivity index is 1.09. The first-order valence-corrected chi connectivity index (χ1v) is 14.3. The highest BCUT2D eigenvalue weighted by atomic mass is 16.5. The predicted molar refractivity (Wildman–Crippen MR) is 168 cm³/mol. The van der Waals surface area contributed by atoms with Crippen LogP contribution in [0.5, 0.6) is 28.9 Å². The molecule has 0 fully saturated rings. The fraction of sp³-hybridized carbons (Fsp3) is 0.147. The van der Waals surface area contributed by atoms with Crippen molar-refractivity contribution in [1.29, 1.82) is 0 Å². The second-order valence-corrected chi connectivity index (χ2v) is 10.2. The number of aryl methyl sites for hydroxylation is 1. The van der Waals surface area contributed by atoms with Gasteiger partial charge in [0.2, 0.25) is 0 Å². The highest BCUT2D eigenvalue weighted by Crippen LogP contribution is 2.31. The van der Waals surface area contributed by atoms with E-state index in [0.717, 1.165) is 22.6 Å². The van der Waals surface area contributed by atoms with Crippen molar-refractivity contribution in [3.05, 3.63) is 120 Å². The Hall–Kier alpha value is -6.17. The Bertz CT molecular complexity index is 1900. The van der Waals surface area contributed by atoms with E-state index in [1.54, 1.807) is 48.5 Å². The molecule has 12 nitrogen and oxygen atoms in total. The maximum atomic E-state index is 11.7. The van der Waals surface area contributed by atoms with E-state index in [1.165, 1.54) is 0 Å². The van der Waals surface area contributed by atoms with Gasteiger partial charge < -0.3 is 38.8 Å². The van der Waals surface area contributed by atoms with Gasteiger partial charge in [0.05, 0.1) is 26.1 Å². The van der Waals surface area contributed by atoms with E-state index in [0.29, 0.717) is 46.8 Å². The molecular formula is C34H31N5O7. The van der Waals surface area contributed by atoms with Crippen LogP contribution in [-0.2, 0) is 19.8 Å². The van der Waals surface area contributed by atoms with E-state index >= 15 is 0 Å². The average Bonchev–Trinajstić information content (AvgIpc) is 3.81. The number of carbonyl (C=O) groups excluding carboxylic acids is 1. The van der Waals surface area contributed by atoms with Crippen LogP contribution in [0, 0.1) is 6.92 Å². The number of anilines is 1. The summed E-state index contributed by atoms with van der Waals surface area (Å²) in [4.78, 5) is 16.2. The molecule has 0 unspecified atom stereocenters. The van der Waals surface area contributed by atoms with Crippen LogP contribution in [0.3, 0.4) is 0 Å². The zero-order valence-corrected chi connectivity index (χ0v) is 25.1. The van der Waals surface area contributed by atoms with Crippen LogP contribution in [0.2, 0.25) is 0 Å². The number of amides is 2. The molecule has 0 spiro atoms. The van der Waals surface area contributed by atoms with Crippen molar-refractivity contribution >= 4 is 11.7 Å². The first kappa shape index (κ1) is 29.9. The second kappa shape index (κ2) is 13.6. The normalized spacial score (nSPS) is 10.8. The van der Waals surface area contributed by atoms with Gasteiger partial charge in [0, 0.05) is 0 Å². The van der Waals surface area contributed by atoms with Crippen molar-refractivity contribution in [3.8, 4) is 40.5 Å². The van der Waals surface area contributed by atoms with Gasteiger partial charge in [-0.3, -0.25) is 4.68 Å². The summed E-state index contributed by atoms with van der Waals surface area (Å²) < 4.78 is 36.2. The number of hydrogen-bond acceptors (Lipinski definition) is 9. The fourth-order valence-corrected chi connectivity index (χ4v) is 4.57. The van der Waals surface area contributed by atoms with Gasteiger partial charge >= 0.3 is 6.03 Å². The monoisotopic (exact) mass is 621 g/mol. The standard InChI is InChI=1S/C34H31N5O7/c1-22-28(36-33(45-22)30-9-6-16-42-30)21-43-29-15-12-24(17-31(29)41-2)20-44-32-27(37-34(35)40)19-39(38-32)18-23-10-13-26(14-11-23)46-25-7-4-3-5-8-25/h3-17,19H,18,20-21H2,1-2H3,(H3,35,37,40). The third-order valence-electron chi connectivity index (χ3n) is 6.83. The molecule has 0 atom stereocenters. The van der Waals surface area contributed by atoms with Crippen molar-refractivity contribution in [1.82, 2.24) is 14.8 Å². The Morgan fingerprint density at radius 1 is 0.913 bits per heavy atom. The Kier molecular flexibility index (Phi) is 8.86. The van der Waals surface area contributed by atoms with Crippen LogP contribution < -0.4 is 30.0 Å². The van der Waals surface area contributed by atoms with Gasteiger partial charge in [0.25, 0.3) is 11.8 Å². The van der Waals surface area contributed by atoms with Crippen molar-refractivity contribution < 1.29 is 32.6 Å². The molecule has 0 aliphatic heterocycles. The van der Waals surface area contributed by atoms with Gasteiger partial charge in [-0.1, -0.05) is 36.4 Å². The number of oxazole rings is 1. The molecule has 0 radical (unpaired) electrons. The van der Waals surface area contributed by atoms with Crippen LogP contribution in [0.1, 0.15) is 22.6 Å².